The number of hydrogen-bond acceptors (Lipinski definition) is 2. The van der Waals surface area contributed by atoms with Crippen LogP contribution in [-0.2, 0) is 4.79 Å². The fourth-order valence-corrected chi connectivity index (χ4v) is 2.34. The van der Waals surface area contributed by atoms with Gasteiger partial charge in [0.2, 0.25) is 0 Å². The van der Waals surface area contributed by atoms with Gasteiger partial charge in [0, 0.05) is 5.02 Å². The number of amides is 1. The molecule has 0 saturated heterocycles. The first-order valence-electron chi connectivity index (χ1n) is 7.66. The van der Waals surface area contributed by atoms with E-state index >= 15 is 0 Å². The Kier molecular flexibility index (Phi) is 5.67. The standard InChI is InChI=1S/C19H22ClNO2/c1-12-5-6-16(11-13(12)2)14(3)21-19(22)15(4)23-18-9-7-17(20)8-10-18/h5-11,14-15H,1-4H3,(H,21,22)/t14-,15+/m0/s1. The van der Waals surface area contributed by atoms with Gasteiger partial charge in [-0.3, -0.25) is 4.79 Å². The molecular formula is C19H22ClNO2. The number of rotatable bonds is 5. The van der Waals surface area contributed by atoms with Crippen LogP contribution in [0.5, 0.6) is 5.75 Å². The molecule has 4 heteroatoms. The van der Waals surface area contributed by atoms with Crippen LogP contribution in [0.25, 0.3) is 0 Å². The second-order valence-electron chi connectivity index (χ2n) is 5.79. The fraction of sp³-hybridized carbons (Fsp3) is 0.316. The van der Waals surface area contributed by atoms with E-state index in [1.54, 1.807) is 31.2 Å². The van der Waals surface area contributed by atoms with E-state index in [1.165, 1.54) is 11.1 Å². The molecule has 2 aromatic carbocycles. The quantitative estimate of drug-likeness (QED) is 0.869. The number of halogens is 1. The number of benzene rings is 2. The number of carbonyl (C=O) groups excluding carboxylic acids is 1. The summed E-state index contributed by atoms with van der Waals surface area (Å²) in [6.07, 6.45) is -0.579. The Morgan fingerprint density at radius 1 is 1.04 bits per heavy atom. The minimum atomic E-state index is -0.579. The molecule has 0 saturated carbocycles. The summed E-state index contributed by atoms with van der Waals surface area (Å²) < 4.78 is 5.64. The molecule has 0 spiro atoms. The minimum Gasteiger partial charge on any atom is -0.481 e. The third-order valence-corrected chi connectivity index (χ3v) is 4.14. The van der Waals surface area contributed by atoms with Crippen molar-refractivity contribution in [2.45, 2.75) is 39.8 Å². The van der Waals surface area contributed by atoms with E-state index < -0.39 is 6.10 Å². The van der Waals surface area contributed by atoms with Crippen molar-refractivity contribution in [3.8, 4) is 5.75 Å². The van der Waals surface area contributed by atoms with Gasteiger partial charge in [-0.05, 0) is 68.7 Å². The van der Waals surface area contributed by atoms with Gasteiger partial charge in [0.1, 0.15) is 5.75 Å². The summed E-state index contributed by atoms with van der Waals surface area (Å²) in [7, 11) is 0. The maximum absolute atomic E-state index is 12.3. The molecule has 0 heterocycles. The molecule has 3 nitrogen and oxygen atoms in total. The van der Waals surface area contributed by atoms with Gasteiger partial charge in [-0.2, -0.15) is 0 Å². The topological polar surface area (TPSA) is 38.3 Å². The Labute approximate surface area is 142 Å². The van der Waals surface area contributed by atoms with Gasteiger partial charge in [0.25, 0.3) is 5.91 Å². The molecule has 2 aromatic rings. The van der Waals surface area contributed by atoms with Crippen LogP contribution in [0.4, 0.5) is 0 Å². The summed E-state index contributed by atoms with van der Waals surface area (Å²) >= 11 is 5.84. The highest BCUT2D eigenvalue weighted by Gasteiger charge is 2.18. The predicted molar refractivity (Wildman–Crippen MR) is 94.0 cm³/mol. The molecule has 23 heavy (non-hydrogen) atoms. The maximum Gasteiger partial charge on any atom is 0.261 e. The first-order valence-corrected chi connectivity index (χ1v) is 8.04. The van der Waals surface area contributed by atoms with Crippen molar-refractivity contribution < 1.29 is 9.53 Å². The Morgan fingerprint density at radius 3 is 2.30 bits per heavy atom. The van der Waals surface area contributed by atoms with Gasteiger partial charge in [0.05, 0.1) is 6.04 Å². The lowest BCUT2D eigenvalue weighted by Crippen LogP contribution is -2.37. The van der Waals surface area contributed by atoms with E-state index in [0.717, 1.165) is 5.56 Å². The van der Waals surface area contributed by atoms with Crippen molar-refractivity contribution in [1.29, 1.82) is 0 Å². The molecule has 0 aliphatic rings. The third kappa shape index (κ3) is 4.73. The zero-order valence-corrected chi connectivity index (χ0v) is 14.6. The van der Waals surface area contributed by atoms with Crippen LogP contribution < -0.4 is 10.1 Å². The number of aryl methyl sites for hydroxylation is 2. The zero-order chi connectivity index (χ0) is 17.0. The summed E-state index contributed by atoms with van der Waals surface area (Å²) in [5, 5.41) is 3.62. The van der Waals surface area contributed by atoms with Crippen molar-refractivity contribution in [3.63, 3.8) is 0 Å². The van der Waals surface area contributed by atoms with Crippen molar-refractivity contribution in [2.75, 3.05) is 0 Å². The number of ether oxygens (including phenoxy) is 1. The number of nitrogens with one attached hydrogen (secondary N) is 1. The lowest BCUT2D eigenvalue weighted by atomic mass is 10.0. The first-order chi connectivity index (χ1) is 10.9. The highest BCUT2D eigenvalue weighted by atomic mass is 35.5. The lowest BCUT2D eigenvalue weighted by molar-refractivity contribution is -0.127. The zero-order valence-electron chi connectivity index (χ0n) is 13.9. The van der Waals surface area contributed by atoms with Gasteiger partial charge >= 0.3 is 0 Å². The molecule has 0 unspecified atom stereocenters. The molecule has 1 N–H and O–H groups in total. The molecule has 0 fully saturated rings. The monoisotopic (exact) mass is 331 g/mol. The van der Waals surface area contributed by atoms with Crippen molar-refractivity contribution in [3.05, 3.63) is 64.2 Å². The largest absolute Gasteiger partial charge is 0.481 e. The van der Waals surface area contributed by atoms with Crippen LogP contribution >= 0.6 is 11.6 Å². The van der Waals surface area contributed by atoms with Crippen LogP contribution in [0.1, 0.15) is 36.6 Å². The normalized spacial score (nSPS) is 13.3. The number of carbonyl (C=O) groups is 1. The summed E-state index contributed by atoms with van der Waals surface area (Å²) in [6, 6.07) is 13.1. The van der Waals surface area contributed by atoms with Gasteiger partial charge in [0.15, 0.2) is 6.10 Å². The highest BCUT2D eigenvalue weighted by molar-refractivity contribution is 6.30. The van der Waals surface area contributed by atoms with E-state index in [1.807, 2.05) is 13.0 Å². The summed E-state index contributed by atoms with van der Waals surface area (Å²) in [5.41, 5.74) is 3.54. The predicted octanol–water partition coefficient (Wildman–Crippen LogP) is 4.60. The molecule has 0 aliphatic heterocycles. The highest BCUT2D eigenvalue weighted by Crippen LogP contribution is 2.19. The summed E-state index contributed by atoms with van der Waals surface area (Å²) in [6.45, 7) is 7.85. The molecule has 0 radical (unpaired) electrons. The van der Waals surface area contributed by atoms with Gasteiger partial charge < -0.3 is 10.1 Å². The van der Waals surface area contributed by atoms with Crippen LogP contribution in [0.2, 0.25) is 5.02 Å². The van der Waals surface area contributed by atoms with Crippen LogP contribution in [-0.4, -0.2) is 12.0 Å². The summed E-state index contributed by atoms with van der Waals surface area (Å²) in [4.78, 5) is 12.3. The molecule has 0 bridgehead atoms. The first kappa shape index (κ1) is 17.4. The maximum atomic E-state index is 12.3. The molecular weight excluding hydrogens is 310 g/mol. The molecule has 2 rings (SSSR count). The summed E-state index contributed by atoms with van der Waals surface area (Å²) in [5.74, 6) is 0.474. The third-order valence-electron chi connectivity index (χ3n) is 3.89. The van der Waals surface area contributed by atoms with E-state index in [2.05, 4.69) is 31.3 Å². The molecule has 0 aromatic heterocycles. The van der Waals surface area contributed by atoms with E-state index in [4.69, 9.17) is 16.3 Å². The van der Waals surface area contributed by atoms with Gasteiger partial charge in [-0.15, -0.1) is 0 Å². The average Bonchev–Trinajstić information content (AvgIpc) is 2.52. The van der Waals surface area contributed by atoms with Crippen LogP contribution in [0.3, 0.4) is 0 Å². The van der Waals surface area contributed by atoms with Crippen molar-refractivity contribution in [1.82, 2.24) is 5.32 Å². The van der Waals surface area contributed by atoms with Gasteiger partial charge in [-0.1, -0.05) is 29.8 Å². The minimum absolute atomic E-state index is 0.0712. The van der Waals surface area contributed by atoms with Crippen LogP contribution in [0, 0.1) is 13.8 Å². The van der Waals surface area contributed by atoms with E-state index in [0.29, 0.717) is 10.8 Å². The van der Waals surface area contributed by atoms with E-state index in [-0.39, 0.29) is 11.9 Å². The SMILES string of the molecule is Cc1ccc([C@H](C)NC(=O)[C@@H](C)Oc2ccc(Cl)cc2)cc1C. The van der Waals surface area contributed by atoms with Gasteiger partial charge in [-0.25, -0.2) is 0 Å². The van der Waals surface area contributed by atoms with E-state index in [9.17, 15) is 4.79 Å². The fourth-order valence-electron chi connectivity index (χ4n) is 2.22. The second kappa shape index (κ2) is 7.51. The molecule has 0 aliphatic carbocycles. The van der Waals surface area contributed by atoms with Crippen molar-refractivity contribution >= 4 is 17.5 Å². The van der Waals surface area contributed by atoms with Crippen molar-refractivity contribution in [2.24, 2.45) is 0 Å². The smallest absolute Gasteiger partial charge is 0.261 e. The Balaban J connectivity index is 1.96. The Bertz CT molecular complexity index is 682. The molecule has 122 valence electrons. The number of hydrogen-bond donors (Lipinski definition) is 1. The Hall–Kier alpha value is -2.00. The Morgan fingerprint density at radius 2 is 1.70 bits per heavy atom. The molecule has 1 amide bonds. The average molecular weight is 332 g/mol. The molecule has 2 atom stereocenters. The second-order valence-corrected chi connectivity index (χ2v) is 6.22. The lowest BCUT2D eigenvalue weighted by Gasteiger charge is -2.19. The van der Waals surface area contributed by atoms with Crippen LogP contribution in [0.15, 0.2) is 42.5 Å².